The van der Waals surface area contributed by atoms with Crippen molar-refractivity contribution in [1.29, 1.82) is 0 Å². The summed E-state index contributed by atoms with van der Waals surface area (Å²) in [6.45, 7) is 10.8. The monoisotopic (exact) mass is 666 g/mol. The number of allylic oxidation sites excluding steroid dienone is 1. The highest BCUT2D eigenvalue weighted by atomic mass is 16.6. The number of nitrogens with zero attached hydrogens (tertiary/aromatic N) is 1. The molecule has 2 aromatic rings. The number of hydrogen-bond donors (Lipinski definition) is 6. The van der Waals surface area contributed by atoms with Gasteiger partial charge in [0.05, 0.1) is 24.2 Å². The number of benzene rings is 1. The van der Waals surface area contributed by atoms with E-state index < -0.39 is 53.6 Å². The normalized spacial score (nSPS) is 17.0. The Labute approximate surface area is 284 Å². The largest absolute Gasteiger partial charge is 0.434 e. The van der Waals surface area contributed by atoms with Crippen LogP contribution in [0.2, 0.25) is 0 Å². The molecule has 12 heteroatoms. The van der Waals surface area contributed by atoms with Crippen LogP contribution in [-0.4, -0.2) is 68.7 Å². The maximum atomic E-state index is 14.1. The van der Waals surface area contributed by atoms with Crippen LogP contribution in [0.4, 0.5) is 4.79 Å². The van der Waals surface area contributed by atoms with Crippen LogP contribution in [0, 0.1) is 17.8 Å². The first-order valence-corrected chi connectivity index (χ1v) is 17.0. The maximum absolute atomic E-state index is 14.1. The zero-order valence-corrected chi connectivity index (χ0v) is 28.7. The van der Waals surface area contributed by atoms with E-state index in [1.165, 1.54) is 26.6 Å². The molecule has 0 aliphatic heterocycles. The number of primary amides is 1. The third kappa shape index (κ3) is 12.1. The fraction of sp³-hybridized carbons (Fsp3) is 0.583. The Morgan fingerprint density at radius 1 is 1.04 bits per heavy atom. The van der Waals surface area contributed by atoms with Crippen LogP contribution in [0.25, 0.3) is 0 Å². The number of aromatic amines is 1. The lowest BCUT2D eigenvalue weighted by Gasteiger charge is -2.33. The van der Waals surface area contributed by atoms with E-state index in [4.69, 9.17) is 10.5 Å². The van der Waals surface area contributed by atoms with Crippen molar-refractivity contribution in [1.82, 2.24) is 25.9 Å². The number of nitrogens with one attached hydrogen (secondary N) is 4. The maximum Gasteiger partial charge on any atom is 0.405 e. The van der Waals surface area contributed by atoms with Gasteiger partial charge in [0.15, 0.2) is 5.60 Å². The molecule has 1 aliphatic carbocycles. The number of ether oxygens (including phenoxy) is 1. The van der Waals surface area contributed by atoms with Crippen molar-refractivity contribution >= 4 is 23.8 Å². The van der Waals surface area contributed by atoms with Crippen molar-refractivity contribution in [2.45, 2.75) is 115 Å². The second kappa shape index (κ2) is 18.4. The van der Waals surface area contributed by atoms with Gasteiger partial charge in [-0.1, -0.05) is 82.4 Å². The molecule has 1 saturated carbocycles. The molecule has 5 atom stereocenters. The van der Waals surface area contributed by atoms with Crippen molar-refractivity contribution in [2.75, 3.05) is 0 Å². The van der Waals surface area contributed by atoms with Gasteiger partial charge < -0.3 is 36.5 Å². The van der Waals surface area contributed by atoms with Gasteiger partial charge in [0.1, 0.15) is 12.1 Å². The van der Waals surface area contributed by atoms with Crippen LogP contribution in [0.1, 0.15) is 83.9 Å². The Kier molecular flexibility index (Phi) is 14.6. The fourth-order valence-corrected chi connectivity index (χ4v) is 6.24. The molecule has 7 N–H and O–H groups in total. The molecular weight excluding hydrogens is 612 g/mol. The van der Waals surface area contributed by atoms with Gasteiger partial charge in [0.2, 0.25) is 11.8 Å². The molecule has 12 nitrogen and oxygen atoms in total. The van der Waals surface area contributed by atoms with E-state index in [0.29, 0.717) is 24.5 Å². The van der Waals surface area contributed by atoms with Gasteiger partial charge in [-0.3, -0.25) is 14.4 Å². The molecule has 0 saturated heterocycles. The second-order valence-electron chi connectivity index (χ2n) is 13.8. The van der Waals surface area contributed by atoms with Crippen LogP contribution in [0.15, 0.2) is 55.5 Å². The molecule has 1 aromatic heterocycles. The standard InChI is InChI=1S/C36H54N6O6/c1-6-26(23(2)3)19-31(43)28(17-24-13-9-7-10-14-24)40-33(45)30(20-27-21-38-22-39-27)41-32(44)29(18-25-15-11-8-12-16-25)42-34(46)36(4,5)48-35(37)47/h6,8,11-12,15-16,21-24,26,28-31,43H,1,7,9-10,13-14,17-20H2,2-5H3,(H2,37,47)(H,38,39)(H,40,45)(H,41,44)(H,42,46)/t26-,28-,29-,30-,31+/m0/s1. The summed E-state index contributed by atoms with van der Waals surface area (Å²) in [5.74, 6) is -1.11. The lowest BCUT2D eigenvalue weighted by molar-refractivity contribution is -0.140. The number of nitrogens with two attached hydrogens (primary N) is 1. The molecule has 3 rings (SSSR count). The number of H-pyrrole nitrogens is 1. The molecule has 0 unspecified atom stereocenters. The fourth-order valence-electron chi connectivity index (χ4n) is 6.24. The predicted octanol–water partition coefficient (Wildman–Crippen LogP) is 3.70. The molecule has 1 fully saturated rings. The summed E-state index contributed by atoms with van der Waals surface area (Å²) in [6.07, 6.45) is 9.78. The van der Waals surface area contributed by atoms with Gasteiger partial charge in [-0.15, -0.1) is 6.58 Å². The van der Waals surface area contributed by atoms with Crippen molar-refractivity contribution in [3.63, 3.8) is 0 Å². The SMILES string of the molecule is C=C[C@@H](C[C@@H](O)[C@H](CC1CCCCC1)NC(=O)[C@H](Cc1c[nH]cn1)NC(=O)[C@H](Cc1ccccc1)NC(=O)C(C)(C)OC(N)=O)C(C)C. The first-order chi connectivity index (χ1) is 22.8. The predicted molar refractivity (Wildman–Crippen MR) is 183 cm³/mol. The summed E-state index contributed by atoms with van der Waals surface area (Å²) in [5.41, 5.74) is 4.82. The van der Waals surface area contributed by atoms with Crippen molar-refractivity contribution < 1.29 is 29.0 Å². The number of carbonyl (C=O) groups is 4. The number of aromatic nitrogens is 2. The van der Waals surface area contributed by atoms with E-state index in [9.17, 15) is 24.3 Å². The van der Waals surface area contributed by atoms with Crippen LogP contribution in [0.3, 0.4) is 0 Å². The number of amides is 4. The summed E-state index contributed by atoms with van der Waals surface area (Å²) in [7, 11) is 0. The third-order valence-electron chi connectivity index (χ3n) is 9.18. The lowest BCUT2D eigenvalue weighted by atomic mass is 9.81. The number of imidazole rings is 1. The highest BCUT2D eigenvalue weighted by molar-refractivity contribution is 5.94. The van der Waals surface area contributed by atoms with Crippen LogP contribution < -0.4 is 21.7 Å². The Hall–Kier alpha value is -4.19. The summed E-state index contributed by atoms with van der Waals surface area (Å²) in [6, 6.07) is 6.35. The molecule has 0 spiro atoms. The zero-order valence-electron chi connectivity index (χ0n) is 28.7. The molecule has 1 heterocycles. The first kappa shape index (κ1) is 38.3. The average Bonchev–Trinajstić information content (AvgIpc) is 3.56. The third-order valence-corrected chi connectivity index (χ3v) is 9.18. The Bertz CT molecular complexity index is 1330. The van der Waals surface area contributed by atoms with Gasteiger partial charge in [0.25, 0.3) is 5.91 Å². The highest BCUT2D eigenvalue weighted by Gasteiger charge is 2.36. The number of rotatable bonds is 18. The summed E-state index contributed by atoms with van der Waals surface area (Å²) >= 11 is 0. The van der Waals surface area contributed by atoms with Crippen LogP contribution in [-0.2, 0) is 32.0 Å². The number of carbonyl (C=O) groups excluding carboxylic acids is 4. The van der Waals surface area contributed by atoms with E-state index >= 15 is 0 Å². The molecule has 264 valence electrons. The second-order valence-corrected chi connectivity index (χ2v) is 13.8. The average molecular weight is 667 g/mol. The Morgan fingerprint density at radius 2 is 1.69 bits per heavy atom. The molecular formula is C36H54N6O6. The van der Waals surface area contributed by atoms with Gasteiger partial charge in [-0.05, 0) is 50.0 Å². The van der Waals surface area contributed by atoms with E-state index in [-0.39, 0.29) is 24.7 Å². The number of hydrogen-bond acceptors (Lipinski definition) is 7. The lowest BCUT2D eigenvalue weighted by Crippen LogP contribution is -2.59. The summed E-state index contributed by atoms with van der Waals surface area (Å²) < 4.78 is 4.99. The van der Waals surface area contributed by atoms with Crippen LogP contribution in [0.5, 0.6) is 0 Å². The van der Waals surface area contributed by atoms with Gasteiger partial charge in [-0.2, -0.15) is 0 Å². The zero-order chi connectivity index (χ0) is 35.3. The van der Waals surface area contributed by atoms with E-state index in [2.05, 4.69) is 46.3 Å². The minimum Gasteiger partial charge on any atom is -0.434 e. The molecule has 48 heavy (non-hydrogen) atoms. The number of aliphatic hydroxyl groups is 1. The van der Waals surface area contributed by atoms with Crippen molar-refractivity contribution in [3.05, 3.63) is 66.8 Å². The van der Waals surface area contributed by atoms with E-state index in [1.807, 2.05) is 36.4 Å². The van der Waals surface area contributed by atoms with Gasteiger partial charge in [0, 0.05) is 19.0 Å². The quantitative estimate of drug-likeness (QED) is 0.131. The topological polar surface area (TPSA) is 189 Å². The summed E-state index contributed by atoms with van der Waals surface area (Å²) in [4.78, 5) is 59.8. The van der Waals surface area contributed by atoms with Crippen LogP contribution >= 0.6 is 0 Å². The Balaban J connectivity index is 1.87. The van der Waals surface area contributed by atoms with E-state index in [1.54, 1.807) is 6.20 Å². The molecule has 0 bridgehead atoms. The Morgan fingerprint density at radius 3 is 2.27 bits per heavy atom. The smallest absolute Gasteiger partial charge is 0.405 e. The van der Waals surface area contributed by atoms with Gasteiger partial charge in [-0.25, -0.2) is 9.78 Å². The van der Waals surface area contributed by atoms with Crippen molar-refractivity contribution in [2.24, 2.45) is 23.5 Å². The number of aliphatic hydroxyl groups excluding tert-OH is 1. The van der Waals surface area contributed by atoms with Gasteiger partial charge >= 0.3 is 6.09 Å². The first-order valence-electron chi connectivity index (χ1n) is 17.0. The van der Waals surface area contributed by atoms with Crippen molar-refractivity contribution in [3.8, 4) is 0 Å². The summed E-state index contributed by atoms with van der Waals surface area (Å²) in [5, 5.41) is 20.1. The molecule has 1 aromatic carbocycles. The minimum atomic E-state index is -1.66. The molecule has 0 radical (unpaired) electrons. The molecule has 4 amide bonds. The molecule has 1 aliphatic rings. The van der Waals surface area contributed by atoms with E-state index in [0.717, 1.165) is 31.2 Å². The highest BCUT2D eigenvalue weighted by Crippen LogP contribution is 2.30. The minimum absolute atomic E-state index is 0.0652.